The molecule has 1 unspecified atom stereocenters. The Bertz CT molecular complexity index is 604. The van der Waals surface area contributed by atoms with E-state index in [1.54, 1.807) is 10.7 Å². The number of carbonyl (C=O) groups excluding carboxylic acids is 1. The Hall–Kier alpha value is -1.95. The van der Waals surface area contributed by atoms with E-state index in [2.05, 4.69) is 20.7 Å². The van der Waals surface area contributed by atoms with Crippen LogP contribution in [0.3, 0.4) is 0 Å². The third kappa shape index (κ3) is 2.73. The molecular weight excluding hydrogens is 242 g/mol. The zero-order chi connectivity index (χ0) is 14.0. The highest BCUT2D eigenvalue weighted by Gasteiger charge is 2.14. The highest BCUT2D eigenvalue weighted by molar-refractivity contribution is 5.95. The third-order valence-electron chi connectivity index (χ3n) is 3.15. The summed E-state index contributed by atoms with van der Waals surface area (Å²) >= 11 is 0. The molecule has 2 rings (SSSR count). The van der Waals surface area contributed by atoms with Crippen molar-refractivity contribution in [2.45, 2.75) is 26.8 Å². The first kappa shape index (κ1) is 13.5. The quantitative estimate of drug-likeness (QED) is 0.849. The molecule has 0 saturated carbocycles. The number of likely N-dealkylation sites (N-methyl/N-ethyl adjacent to an activating group) is 1. The van der Waals surface area contributed by atoms with Gasteiger partial charge in [0.25, 0.3) is 5.91 Å². The molecule has 2 aromatic heterocycles. The summed E-state index contributed by atoms with van der Waals surface area (Å²) in [6.07, 6.45) is 1.60. The predicted molar refractivity (Wildman–Crippen MR) is 73.3 cm³/mol. The van der Waals surface area contributed by atoms with Crippen molar-refractivity contribution in [3.05, 3.63) is 29.2 Å². The van der Waals surface area contributed by atoms with Gasteiger partial charge in [-0.3, -0.25) is 4.79 Å². The highest BCUT2D eigenvalue weighted by Crippen LogP contribution is 2.10. The van der Waals surface area contributed by atoms with Crippen LogP contribution in [0.5, 0.6) is 0 Å². The van der Waals surface area contributed by atoms with E-state index in [-0.39, 0.29) is 11.9 Å². The number of aromatic nitrogens is 3. The molecule has 0 radical (unpaired) electrons. The first-order valence-electron chi connectivity index (χ1n) is 6.30. The van der Waals surface area contributed by atoms with Crippen LogP contribution in [-0.2, 0) is 0 Å². The molecule has 6 heteroatoms. The van der Waals surface area contributed by atoms with Gasteiger partial charge < -0.3 is 10.6 Å². The fourth-order valence-electron chi connectivity index (χ4n) is 1.83. The average Bonchev–Trinajstić information content (AvgIpc) is 2.77. The van der Waals surface area contributed by atoms with Gasteiger partial charge in [-0.25, -0.2) is 9.50 Å². The lowest BCUT2D eigenvalue weighted by Crippen LogP contribution is -2.37. The summed E-state index contributed by atoms with van der Waals surface area (Å²) in [5.74, 6) is -0.123. The summed E-state index contributed by atoms with van der Waals surface area (Å²) in [6.45, 7) is 6.36. The van der Waals surface area contributed by atoms with E-state index in [4.69, 9.17) is 0 Å². The SMILES string of the molecule is CNC(C)CNC(=O)c1cnc2cc(C)nn2c1C. The summed E-state index contributed by atoms with van der Waals surface area (Å²) in [5, 5.41) is 10.3. The minimum absolute atomic E-state index is 0.123. The van der Waals surface area contributed by atoms with E-state index in [0.29, 0.717) is 12.1 Å². The zero-order valence-corrected chi connectivity index (χ0v) is 11.7. The monoisotopic (exact) mass is 261 g/mol. The summed E-state index contributed by atoms with van der Waals surface area (Å²) < 4.78 is 1.70. The van der Waals surface area contributed by atoms with Crippen molar-refractivity contribution in [1.29, 1.82) is 0 Å². The predicted octanol–water partition coefficient (Wildman–Crippen LogP) is 0.684. The number of aryl methyl sites for hydroxylation is 2. The van der Waals surface area contributed by atoms with E-state index in [1.165, 1.54) is 0 Å². The Balaban J connectivity index is 2.24. The van der Waals surface area contributed by atoms with Crippen molar-refractivity contribution < 1.29 is 4.79 Å². The number of nitrogens with zero attached hydrogens (tertiary/aromatic N) is 3. The van der Waals surface area contributed by atoms with E-state index < -0.39 is 0 Å². The van der Waals surface area contributed by atoms with E-state index in [9.17, 15) is 4.79 Å². The third-order valence-corrected chi connectivity index (χ3v) is 3.15. The molecule has 0 spiro atoms. The fourth-order valence-corrected chi connectivity index (χ4v) is 1.83. The summed E-state index contributed by atoms with van der Waals surface area (Å²) in [4.78, 5) is 16.4. The Morgan fingerprint density at radius 3 is 2.89 bits per heavy atom. The molecule has 0 aromatic carbocycles. The largest absolute Gasteiger partial charge is 0.350 e. The molecule has 6 nitrogen and oxygen atoms in total. The van der Waals surface area contributed by atoms with Gasteiger partial charge in [0.2, 0.25) is 0 Å². The Morgan fingerprint density at radius 1 is 1.47 bits per heavy atom. The molecule has 2 heterocycles. The van der Waals surface area contributed by atoms with Crippen LogP contribution in [-0.4, -0.2) is 40.1 Å². The number of rotatable bonds is 4. The molecule has 0 aliphatic heterocycles. The molecule has 19 heavy (non-hydrogen) atoms. The van der Waals surface area contributed by atoms with Gasteiger partial charge >= 0.3 is 0 Å². The molecule has 2 N–H and O–H groups in total. The topological polar surface area (TPSA) is 71.3 Å². The van der Waals surface area contributed by atoms with Crippen LogP contribution >= 0.6 is 0 Å². The van der Waals surface area contributed by atoms with Crippen molar-refractivity contribution in [3.63, 3.8) is 0 Å². The summed E-state index contributed by atoms with van der Waals surface area (Å²) in [7, 11) is 1.86. The standard InChI is InChI=1S/C13H19N5O/c1-8-5-12-15-7-11(10(3)18(12)17-8)13(19)16-6-9(2)14-4/h5,7,9,14H,6H2,1-4H3,(H,16,19). The minimum atomic E-state index is -0.123. The van der Waals surface area contributed by atoms with Crippen LogP contribution < -0.4 is 10.6 Å². The van der Waals surface area contributed by atoms with Crippen molar-refractivity contribution in [2.75, 3.05) is 13.6 Å². The van der Waals surface area contributed by atoms with Crippen LogP contribution in [0.2, 0.25) is 0 Å². The Morgan fingerprint density at radius 2 is 2.21 bits per heavy atom. The lowest BCUT2D eigenvalue weighted by atomic mass is 10.2. The van der Waals surface area contributed by atoms with Crippen molar-refractivity contribution in [2.24, 2.45) is 0 Å². The van der Waals surface area contributed by atoms with E-state index >= 15 is 0 Å². The first-order valence-corrected chi connectivity index (χ1v) is 6.30. The van der Waals surface area contributed by atoms with Crippen LogP contribution in [0, 0.1) is 13.8 Å². The number of hydrogen-bond acceptors (Lipinski definition) is 4. The second-order valence-corrected chi connectivity index (χ2v) is 4.71. The van der Waals surface area contributed by atoms with Crippen LogP contribution in [0.15, 0.2) is 12.3 Å². The molecule has 2 aromatic rings. The number of amides is 1. The normalized spacial score (nSPS) is 12.6. The van der Waals surface area contributed by atoms with Gasteiger partial charge in [0.1, 0.15) is 0 Å². The molecule has 0 aliphatic rings. The molecule has 0 bridgehead atoms. The zero-order valence-electron chi connectivity index (χ0n) is 11.7. The lowest BCUT2D eigenvalue weighted by Gasteiger charge is -2.12. The van der Waals surface area contributed by atoms with Gasteiger partial charge in [-0.2, -0.15) is 5.10 Å². The maximum Gasteiger partial charge on any atom is 0.254 e. The smallest absolute Gasteiger partial charge is 0.254 e. The molecule has 0 saturated heterocycles. The van der Waals surface area contributed by atoms with Crippen LogP contribution in [0.4, 0.5) is 0 Å². The summed E-state index contributed by atoms with van der Waals surface area (Å²) in [6, 6.07) is 2.12. The number of carbonyl (C=O) groups is 1. The van der Waals surface area contributed by atoms with Crippen molar-refractivity contribution in [1.82, 2.24) is 25.2 Å². The van der Waals surface area contributed by atoms with Crippen molar-refractivity contribution >= 4 is 11.6 Å². The van der Waals surface area contributed by atoms with Gasteiger partial charge in [-0.05, 0) is 27.8 Å². The highest BCUT2D eigenvalue weighted by atomic mass is 16.1. The van der Waals surface area contributed by atoms with Crippen LogP contribution in [0.25, 0.3) is 5.65 Å². The average molecular weight is 261 g/mol. The number of fused-ring (bicyclic) bond motifs is 1. The van der Waals surface area contributed by atoms with Gasteiger partial charge in [0, 0.05) is 24.8 Å². The Kier molecular flexibility index (Phi) is 3.80. The van der Waals surface area contributed by atoms with Gasteiger partial charge in [0.15, 0.2) is 5.65 Å². The summed E-state index contributed by atoms with van der Waals surface area (Å²) in [5.41, 5.74) is 3.00. The first-order chi connectivity index (χ1) is 9.02. The number of hydrogen-bond donors (Lipinski definition) is 2. The Labute approximate surface area is 112 Å². The second-order valence-electron chi connectivity index (χ2n) is 4.71. The molecule has 1 atom stereocenters. The number of nitrogens with one attached hydrogen (secondary N) is 2. The van der Waals surface area contributed by atoms with Crippen LogP contribution in [0.1, 0.15) is 28.7 Å². The maximum atomic E-state index is 12.1. The van der Waals surface area contributed by atoms with Gasteiger partial charge in [-0.1, -0.05) is 0 Å². The van der Waals surface area contributed by atoms with E-state index in [0.717, 1.165) is 17.0 Å². The fraction of sp³-hybridized carbons (Fsp3) is 0.462. The molecule has 0 aliphatic carbocycles. The minimum Gasteiger partial charge on any atom is -0.350 e. The van der Waals surface area contributed by atoms with E-state index in [1.807, 2.05) is 33.9 Å². The molecular formula is C13H19N5O. The molecule has 0 fully saturated rings. The van der Waals surface area contributed by atoms with Crippen molar-refractivity contribution in [3.8, 4) is 0 Å². The lowest BCUT2D eigenvalue weighted by molar-refractivity contribution is 0.0949. The molecule has 1 amide bonds. The van der Waals surface area contributed by atoms with Gasteiger partial charge in [0.05, 0.1) is 17.0 Å². The second kappa shape index (κ2) is 5.36. The maximum absolute atomic E-state index is 12.1. The molecule has 102 valence electrons. The van der Waals surface area contributed by atoms with Gasteiger partial charge in [-0.15, -0.1) is 0 Å².